The monoisotopic (exact) mass is 398 g/mol. The van der Waals surface area contributed by atoms with Gasteiger partial charge in [0.05, 0.1) is 5.02 Å². The van der Waals surface area contributed by atoms with E-state index >= 15 is 0 Å². The van der Waals surface area contributed by atoms with Gasteiger partial charge in [-0.2, -0.15) is 4.31 Å². The fourth-order valence-electron chi connectivity index (χ4n) is 3.07. The van der Waals surface area contributed by atoms with Crippen molar-refractivity contribution in [1.82, 2.24) is 4.31 Å². The van der Waals surface area contributed by atoms with Gasteiger partial charge in [-0.05, 0) is 49.2 Å². The molecule has 0 aromatic heterocycles. The third kappa shape index (κ3) is 3.65. The molecule has 25 heavy (non-hydrogen) atoms. The number of anilines is 1. The zero-order valence-corrected chi connectivity index (χ0v) is 16.5. The van der Waals surface area contributed by atoms with Gasteiger partial charge in [0.2, 0.25) is 10.0 Å². The molecule has 134 valence electrons. The fourth-order valence-corrected chi connectivity index (χ4v) is 5.24. The van der Waals surface area contributed by atoms with E-state index in [0.717, 1.165) is 0 Å². The van der Waals surface area contributed by atoms with Crippen molar-refractivity contribution in [3.63, 3.8) is 0 Å². The Hall–Kier alpha value is -1.27. The summed E-state index contributed by atoms with van der Waals surface area (Å²) < 4.78 is 27.2. The molecule has 0 aliphatic carbocycles. The van der Waals surface area contributed by atoms with E-state index in [4.69, 9.17) is 23.2 Å². The van der Waals surface area contributed by atoms with Gasteiger partial charge < -0.3 is 4.90 Å². The summed E-state index contributed by atoms with van der Waals surface area (Å²) in [6.45, 7) is 6.33. The normalized spacial score (nSPS) is 16.2. The number of rotatable bonds is 3. The van der Waals surface area contributed by atoms with Crippen LogP contribution in [-0.2, 0) is 10.0 Å². The first-order chi connectivity index (χ1) is 11.8. The summed E-state index contributed by atoms with van der Waals surface area (Å²) in [6, 6.07) is 10.7. The molecule has 0 spiro atoms. The molecule has 7 heteroatoms. The molecule has 2 aromatic rings. The first-order valence-corrected chi connectivity index (χ1v) is 10.3. The van der Waals surface area contributed by atoms with Gasteiger partial charge in [-0.15, -0.1) is 0 Å². The van der Waals surface area contributed by atoms with E-state index in [1.54, 1.807) is 6.07 Å². The van der Waals surface area contributed by atoms with Gasteiger partial charge in [-0.3, -0.25) is 0 Å². The van der Waals surface area contributed by atoms with Gasteiger partial charge in [0.25, 0.3) is 0 Å². The minimum Gasteiger partial charge on any atom is -0.369 e. The van der Waals surface area contributed by atoms with Crippen LogP contribution in [0.4, 0.5) is 5.69 Å². The average molecular weight is 399 g/mol. The maximum absolute atomic E-state index is 12.9. The Kier molecular flexibility index (Phi) is 5.30. The highest BCUT2D eigenvalue weighted by Gasteiger charge is 2.30. The number of nitrogens with zero attached hydrogens (tertiary/aromatic N) is 2. The number of halogens is 2. The van der Waals surface area contributed by atoms with E-state index in [9.17, 15) is 8.42 Å². The third-order valence-corrected chi connectivity index (χ3v) is 7.28. The SMILES string of the molecule is Cc1cccc(N2CCN(S(=O)(=O)c3ccc(Cl)cc3Cl)CC2)c1C. The van der Waals surface area contributed by atoms with Gasteiger partial charge in [0.15, 0.2) is 0 Å². The molecule has 0 atom stereocenters. The van der Waals surface area contributed by atoms with Crippen molar-refractivity contribution in [2.75, 3.05) is 31.1 Å². The number of hydrogen-bond donors (Lipinski definition) is 0. The lowest BCUT2D eigenvalue weighted by Gasteiger charge is -2.36. The van der Waals surface area contributed by atoms with Crippen LogP contribution in [0, 0.1) is 13.8 Å². The van der Waals surface area contributed by atoms with Crippen molar-refractivity contribution in [3.8, 4) is 0 Å². The fraction of sp³-hybridized carbons (Fsp3) is 0.333. The van der Waals surface area contributed by atoms with Gasteiger partial charge in [-0.25, -0.2) is 8.42 Å². The molecule has 3 rings (SSSR count). The van der Waals surface area contributed by atoms with E-state index in [1.165, 1.54) is 33.3 Å². The summed E-state index contributed by atoms with van der Waals surface area (Å²) in [6.07, 6.45) is 0. The third-order valence-electron chi connectivity index (χ3n) is 4.67. The second kappa shape index (κ2) is 7.16. The minimum absolute atomic E-state index is 0.110. The Morgan fingerprint density at radius 2 is 1.64 bits per heavy atom. The van der Waals surface area contributed by atoms with Crippen LogP contribution in [-0.4, -0.2) is 38.9 Å². The van der Waals surface area contributed by atoms with Crippen LogP contribution >= 0.6 is 23.2 Å². The molecule has 1 aliphatic heterocycles. The van der Waals surface area contributed by atoms with Crippen molar-refractivity contribution < 1.29 is 8.42 Å². The summed E-state index contributed by atoms with van der Waals surface area (Å²) in [5, 5.41) is 0.577. The maximum Gasteiger partial charge on any atom is 0.244 e. The molecule has 0 bridgehead atoms. The van der Waals surface area contributed by atoms with Crippen molar-refractivity contribution in [2.24, 2.45) is 0 Å². The summed E-state index contributed by atoms with van der Waals surface area (Å²) in [5.41, 5.74) is 3.64. The highest BCUT2D eigenvalue weighted by Crippen LogP contribution is 2.29. The van der Waals surface area contributed by atoms with Gasteiger partial charge >= 0.3 is 0 Å². The second-order valence-corrected chi connectivity index (χ2v) is 8.93. The zero-order chi connectivity index (χ0) is 18.2. The molecule has 0 N–H and O–H groups in total. The Balaban J connectivity index is 1.78. The topological polar surface area (TPSA) is 40.6 Å². The lowest BCUT2D eigenvalue weighted by molar-refractivity contribution is 0.385. The van der Waals surface area contributed by atoms with E-state index in [2.05, 4.69) is 30.9 Å². The molecule has 1 aliphatic rings. The van der Waals surface area contributed by atoms with Crippen LogP contribution in [0.2, 0.25) is 10.0 Å². The Bertz CT molecular complexity index is 892. The summed E-state index contributed by atoms with van der Waals surface area (Å²) >= 11 is 12.0. The molecular weight excluding hydrogens is 379 g/mol. The predicted octanol–water partition coefficient (Wildman–Crippen LogP) is 4.12. The molecule has 0 radical (unpaired) electrons. The largest absolute Gasteiger partial charge is 0.369 e. The predicted molar refractivity (Wildman–Crippen MR) is 103 cm³/mol. The van der Waals surface area contributed by atoms with Crippen LogP contribution < -0.4 is 4.90 Å². The van der Waals surface area contributed by atoms with Gasteiger partial charge in [-0.1, -0.05) is 35.3 Å². The minimum atomic E-state index is -3.62. The van der Waals surface area contributed by atoms with E-state index in [-0.39, 0.29) is 9.92 Å². The summed E-state index contributed by atoms with van der Waals surface area (Å²) in [5.74, 6) is 0. The molecule has 1 heterocycles. The second-order valence-electron chi connectivity index (χ2n) is 6.18. The van der Waals surface area contributed by atoms with Crippen LogP contribution in [0.1, 0.15) is 11.1 Å². The maximum atomic E-state index is 12.9. The molecule has 1 fully saturated rings. The number of benzene rings is 2. The first kappa shape index (κ1) is 18.5. The highest BCUT2D eigenvalue weighted by molar-refractivity contribution is 7.89. The molecular formula is C18H20Cl2N2O2S. The first-order valence-electron chi connectivity index (χ1n) is 8.07. The Labute approximate surface area is 159 Å². The van der Waals surface area contributed by atoms with E-state index in [1.807, 2.05) is 6.07 Å². The molecule has 4 nitrogen and oxygen atoms in total. The van der Waals surface area contributed by atoms with Crippen molar-refractivity contribution in [3.05, 3.63) is 57.6 Å². The lowest BCUT2D eigenvalue weighted by atomic mass is 10.1. The Morgan fingerprint density at radius 3 is 2.28 bits per heavy atom. The van der Waals surface area contributed by atoms with Crippen molar-refractivity contribution in [1.29, 1.82) is 0 Å². The number of hydrogen-bond acceptors (Lipinski definition) is 3. The van der Waals surface area contributed by atoms with E-state index < -0.39 is 10.0 Å². The quantitative estimate of drug-likeness (QED) is 0.780. The molecule has 0 unspecified atom stereocenters. The van der Waals surface area contributed by atoms with Crippen LogP contribution in [0.5, 0.6) is 0 Å². The van der Waals surface area contributed by atoms with Crippen LogP contribution in [0.15, 0.2) is 41.3 Å². The molecule has 0 amide bonds. The average Bonchev–Trinajstić information content (AvgIpc) is 2.57. The van der Waals surface area contributed by atoms with Gasteiger partial charge in [0.1, 0.15) is 4.90 Å². The van der Waals surface area contributed by atoms with E-state index in [0.29, 0.717) is 31.2 Å². The smallest absolute Gasteiger partial charge is 0.244 e. The van der Waals surface area contributed by atoms with Crippen molar-refractivity contribution >= 4 is 38.9 Å². The molecule has 1 saturated heterocycles. The summed E-state index contributed by atoms with van der Waals surface area (Å²) in [7, 11) is -3.62. The standard InChI is InChI=1S/C18H20Cl2N2O2S/c1-13-4-3-5-17(14(13)2)21-8-10-22(11-9-21)25(23,24)18-7-6-15(19)12-16(18)20/h3-7,12H,8-11H2,1-2H3. The zero-order valence-electron chi connectivity index (χ0n) is 14.2. The van der Waals surface area contributed by atoms with Crippen molar-refractivity contribution in [2.45, 2.75) is 18.7 Å². The van der Waals surface area contributed by atoms with Crippen LogP contribution in [0.25, 0.3) is 0 Å². The number of aryl methyl sites for hydroxylation is 1. The van der Waals surface area contributed by atoms with Gasteiger partial charge in [0, 0.05) is 36.9 Å². The Morgan fingerprint density at radius 1 is 0.960 bits per heavy atom. The van der Waals surface area contributed by atoms with Crippen LogP contribution in [0.3, 0.4) is 0 Å². The highest BCUT2D eigenvalue weighted by atomic mass is 35.5. The lowest BCUT2D eigenvalue weighted by Crippen LogP contribution is -2.48. The number of piperazine rings is 1. The molecule has 2 aromatic carbocycles. The molecule has 0 saturated carbocycles. The summed E-state index contributed by atoms with van der Waals surface area (Å²) in [4.78, 5) is 2.34. The number of sulfonamides is 1.